The molecule has 0 bridgehead atoms. The summed E-state index contributed by atoms with van der Waals surface area (Å²) in [6.07, 6.45) is 6.28. The summed E-state index contributed by atoms with van der Waals surface area (Å²) in [7, 11) is 1.86. The predicted molar refractivity (Wildman–Crippen MR) is 102 cm³/mol. The van der Waals surface area contributed by atoms with Gasteiger partial charge in [0.25, 0.3) is 5.91 Å². The van der Waals surface area contributed by atoms with Gasteiger partial charge in [-0.3, -0.25) is 14.4 Å². The van der Waals surface area contributed by atoms with Crippen molar-refractivity contribution < 1.29 is 9.90 Å². The first-order valence-electron chi connectivity index (χ1n) is 9.64. The molecule has 1 spiro atoms. The standard InChI is InChI=1S/C20H32N4O2/c1-15(2)6-10-23-11-7-18(25)20(13-23)8-5-9-24(14-20)19(26)17-12-21-22(4)16(17)3/h6,12,18,25H,5,7-11,13-14H2,1-4H3/t18-,20-/m1/s1. The van der Waals surface area contributed by atoms with Gasteiger partial charge in [0, 0.05) is 50.9 Å². The predicted octanol–water partition coefficient (Wildman–Crippen LogP) is 1.98. The Bertz CT molecular complexity index is 692. The summed E-state index contributed by atoms with van der Waals surface area (Å²) < 4.78 is 1.74. The van der Waals surface area contributed by atoms with E-state index in [-0.39, 0.29) is 17.4 Å². The Labute approximate surface area is 156 Å². The number of rotatable bonds is 3. The number of amides is 1. The van der Waals surface area contributed by atoms with Crippen LogP contribution in [0.4, 0.5) is 0 Å². The van der Waals surface area contributed by atoms with Crippen molar-refractivity contribution in [2.24, 2.45) is 12.5 Å². The number of hydrogen-bond donors (Lipinski definition) is 1. The smallest absolute Gasteiger partial charge is 0.257 e. The normalized spacial score (nSPS) is 27.0. The zero-order valence-electron chi connectivity index (χ0n) is 16.5. The van der Waals surface area contributed by atoms with Gasteiger partial charge in [-0.2, -0.15) is 5.10 Å². The lowest BCUT2D eigenvalue weighted by molar-refractivity contribution is -0.0762. The molecule has 144 valence electrons. The average Bonchev–Trinajstić information content (AvgIpc) is 2.95. The molecule has 3 rings (SSSR count). The highest BCUT2D eigenvalue weighted by molar-refractivity contribution is 5.95. The molecule has 1 aromatic rings. The summed E-state index contributed by atoms with van der Waals surface area (Å²) in [5.74, 6) is 0.0447. The van der Waals surface area contributed by atoms with E-state index >= 15 is 0 Å². The second-order valence-corrected chi connectivity index (χ2v) is 8.28. The summed E-state index contributed by atoms with van der Waals surface area (Å²) in [6, 6.07) is 0. The van der Waals surface area contributed by atoms with Crippen LogP contribution in [-0.4, -0.2) is 69.4 Å². The summed E-state index contributed by atoms with van der Waals surface area (Å²) >= 11 is 0. The Morgan fingerprint density at radius 1 is 1.38 bits per heavy atom. The van der Waals surface area contributed by atoms with Crippen LogP contribution in [0.3, 0.4) is 0 Å². The number of carbonyl (C=O) groups excluding carboxylic acids is 1. The largest absolute Gasteiger partial charge is 0.392 e. The Morgan fingerprint density at radius 2 is 2.15 bits per heavy atom. The van der Waals surface area contributed by atoms with Crippen molar-refractivity contribution in [3.8, 4) is 0 Å². The fourth-order valence-electron chi connectivity index (χ4n) is 4.32. The molecule has 1 aromatic heterocycles. The molecule has 6 nitrogen and oxygen atoms in total. The Hall–Kier alpha value is -1.66. The lowest BCUT2D eigenvalue weighted by atomic mass is 9.71. The molecule has 0 saturated carbocycles. The van der Waals surface area contributed by atoms with Crippen LogP contribution in [0.1, 0.15) is 49.2 Å². The highest BCUT2D eigenvalue weighted by atomic mass is 16.3. The van der Waals surface area contributed by atoms with E-state index in [2.05, 4.69) is 29.9 Å². The molecule has 0 radical (unpaired) electrons. The van der Waals surface area contributed by atoms with Gasteiger partial charge in [-0.15, -0.1) is 0 Å². The minimum atomic E-state index is -0.337. The van der Waals surface area contributed by atoms with E-state index in [9.17, 15) is 9.90 Å². The van der Waals surface area contributed by atoms with Gasteiger partial charge in [-0.25, -0.2) is 0 Å². The van der Waals surface area contributed by atoms with Crippen molar-refractivity contribution in [3.05, 3.63) is 29.1 Å². The van der Waals surface area contributed by atoms with Gasteiger partial charge in [0.05, 0.1) is 17.9 Å². The third-order valence-corrected chi connectivity index (χ3v) is 6.08. The molecule has 6 heteroatoms. The van der Waals surface area contributed by atoms with Gasteiger partial charge in [0.1, 0.15) is 0 Å². The minimum Gasteiger partial charge on any atom is -0.392 e. The molecule has 1 N–H and O–H groups in total. The Morgan fingerprint density at radius 3 is 2.81 bits per heavy atom. The first-order chi connectivity index (χ1) is 12.3. The molecule has 1 amide bonds. The van der Waals surface area contributed by atoms with Crippen molar-refractivity contribution in [2.75, 3.05) is 32.7 Å². The van der Waals surface area contributed by atoms with Crippen LogP contribution in [0.25, 0.3) is 0 Å². The fraction of sp³-hybridized carbons (Fsp3) is 0.700. The van der Waals surface area contributed by atoms with Crippen LogP contribution < -0.4 is 0 Å². The van der Waals surface area contributed by atoms with Crippen molar-refractivity contribution in [3.63, 3.8) is 0 Å². The van der Waals surface area contributed by atoms with Crippen LogP contribution in [-0.2, 0) is 7.05 Å². The van der Waals surface area contributed by atoms with E-state index in [1.807, 2.05) is 18.9 Å². The lowest BCUT2D eigenvalue weighted by Gasteiger charge is -2.51. The molecule has 26 heavy (non-hydrogen) atoms. The van der Waals surface area contributed by atoms with E-state index in [1.54, 1.807) is 10.9 Å². The Kier molecular flexibility index (Phi) is 5.53. The van der Waals surface area contributed by atoms with Crippen molar-refractivity contribution in [1.29, 1.82) is 0 Å². The first-order valence-corrected chi connectivity index (χ1v) is 9.64. The van der Waals surface area contributed by atoms with E-state index in [4.69, 9.17) is 0 Å². The molecule has 0 aliphatic carbocycles. The second-order valence-electron chi connectivity index (χ2n) is 8.28. The highest BCUT2D eigenvalue weighted by Gasteiger charge is 2.46. The van der Waals surface area contributed by atoms with Gasteiger partial charge < -0.3 is 10.0 Å². The highest BCUT2D eigenvalue weighted by Crippen LogP contribution is 2.39. The molecule has 0 aromatic carbocycles. The van der Waals surface area contributed by atoms with Gasteiger partial charge in [0.2, 0.25) is 0 Å². The quantitative estimate of drug-likeness (QED) is 0.838. The summed E-state index contributed by atoms with van der Waals surface area (Å²) in [6.45, 7) is 10.2. The first kappa shape index (κ1) is 19.1. The van der Waals surface area contributed by atoms with E-state index in [1.165, 1.54) is 5.57 Å². The number of aliphatic hydroxyl groups excluding tert-OH is 1. The summed E-state index contributed by atoms with van der Waals surface area (Å²) in [5, 5.41) is 15.0. The second kappa shape index (κ2) is 7.53. The molecule has 3 heterocycles. The van der Waals surface area contributed by atoms with Gasteiger partial charge in [-0.1, -0.05) is 11.6 Å². The van der Waals surface area contributed by atoms with Crippen LogP contribution >= 0.6 is 0 Å². The van der Waals surface area contributed by atoms with Crippen LogP contribution in [0.5, 0.6) is 0 Å². The molecular weight excluding hydrogens is 328 g/mol. The fourth-order valence-corrected chi connectivity index (χ4v) is 4.32. The van der Waals surface area contributed by atoms with E-state index in [0.717, 1.165) is 51.1 Å². The maximum absolute atomic E-state index is 13.0. The number of carbonyl (C=O) groups is 1. The number of aliphatic hydroxyl groups is 1. The zero-order valence-corrected chi connectivity index (χ0v) is 16.5. The summed E-state index contributed by atoms with van der Waals surface area (Å²) in [5.41, 5.74) is 2.68. The molecular formula is C20H32N4O2. The number of nitrogens with zero attached hydrogens (tertiary/aromatic N) is 4. The van der Waals surface area contributed by atoms with E-state index < -0.39 is 0 Å². The minimum absolute atomic E-state index is 0.0447. The third-order valence-electron chi connectivity index (χ3n) is 6.08. The van der Waals surface area contributed by atoms with Gasteiger partial charge in [0.15, 0.2) is 0 Å². The number of likely N-dealkylation sites (tertiary alicyclic amines) is 2. The van der Waals surface area contributed by atoms with Crippen molar-refractivity contribution in [1.82, 2.24) is 19.6 Å². The molecule has 2 atom stereocenters. The maximum atomic E-state index is 13.0. The molecule has 0 unspecified atom stereocenters. The third kappa shape index (κ3) is 3.71. The molecule has 2 aliphatic rings. The number of aromatic nitrogens is 2. The average molecular weight is 361 g/mol. The summed E-state index contributed by atoms with van der Waals surface area (Å²) in [4.78, 5) is 17.4. The van der Waals surface area contributed by atoms with Crippen LogP contribution in [0.2, 0.25) is 0 Å². The van der Waals surface area contributed by atoms with Crippen molar-refractivity contribution >= 4 is 5.91 Å². The van der Waals surface area contributed by atoms with Crippen LogP contribution in [0.15, 0.2) is 17.8 Å². The number of hydrogen-bond acceptors (Lipinski definition) is 4. The topological polar surface area (TPSA) is 61.6 Å². The van der Waals surface area contributed by atoms with Crippen molar-refractivity contribution in [2.45, 2.75) is 46.1 Å². The molecule has 2 fully saturated rings. The monoisotopic (exact) mass is 360 g/mol. The molecule has 2 saturated heterocycles. The van der Waals surface area contributed by atoms with Gasteiger partial charge in [-0.05, 0) is 40.0 Å². The number of allylic oxidation sites excluding steroid dienone is 1. The number of piperidine rings is 2. The lowest BCUT2D eigenvalue weighted by Crippen LogP contribution is -2.59. The van der Waals surface area contributed by atoms with Gasteiger partial charge >= 0.3 is 0 Å². The zero-order chi connectivity index (χ0) is 18.9. The number of aryl methyl sites for hydroxylation is 1. The van der Waals surface area contributed by atoms with Crippen LogP contribution in [0, 0.1) is 12.3 Å². The maximum Gasteiger partial charge on any atom is 0.257 e. The SMILES string of the molecule is CC(C)=CCN1CC[C@@H](O)[C@]2(CCCN(C(=O)c3cnn(C)c3C)C2)C1. The molecule has 2 aliphatic heterocycles. The Balaban J connectivity index is 1.76. The van der Waals surface area contributed by atoms with E-state index in [0.29, 0.717) is 12.1 Å².